The largest absolute Gasteiger partial charge is 0.408 e. The highest BCUT2D eigenvalue weighted by Crippen LogP contribution is 2.32. The van der Waals surface area contributed by atoms with E-state index in [1.807, 2.05) is 0 Å². The number of fused-ring (bicyclic) bond motifs is 2. The Morgan fingerprint density at radius 1 is 1.16 bits per heavy atom. The van der Waals surface area contributed by atoms with Crippen molar-refractivity contribution in [2.45, 2.75) is 25.2 Å². The molecule has 1 aliphatic heterocycles. The molecular formula is C20H17F5N6O. The second-order valence-electron chi connectivity index (χ2n) is 7.51. The minimum Gasteiger partial charge on any atom is -0.371 e. The summed E-state index contributed by atoms with van der Waals surface area (Å²) in [6, 6.07) is 2.20. The molecule has 12 heteroatoms. The first-order chi connectivity index (χ1) is 15.3. The van der Waals surface area contributed by atoms with Crippen LogP contribution in [-0.2, 0) is 11.3 Å². The lowest BCUT2D eigenvalue weighted by atomic mass is 10.1. The van der Waals surface area contributed by atoms with Crippen molar-refractivity contribution in [3.05, 3.63) is 48.1 Å². The van der Waals surface area contributed by atoms with Gasteiger partial charge in [0.25, 0.3) is 0 Å². The van der Waals surface area contributed by atoms with Crippen molar-refractivity contribution in [1.29, 1.82) is 0 Å². The number of rotatable bonds is 3. The molecule has 1 aliphatic rings. The minimum atomic E-state index is -4.53. The molecule has 7 nitrogen and oxygen atoms in total. The Morgan fingerprint density at radius 3 is 2.81 bits per heavy atom. The van der Waals surface area contributed by atoms with Crippen molar-refractivity contribution in [3.8, 4) is 11.4 Å². The van der Waals surface area contributed by atoms with Gasteiger partial charge in [-0.25, -0.2) is 13.8 Å². The van der Waals surface area contributed by atoms with Crippen LogP contribution in [0.25, 0.3) is 27.9 Å². The molecule has 1 atom stereocenters. The van der Waals surface area contributed by atoms with Gasteiger partial charge in [0, 0.05) is 37.0 Å². The zero-order valence-corrected chi connectivity index (χ0v) is 16.5. The number of aromatic nitrogens is 5. The van der Waals surface area contributed by atoms with E-state index in [2.05, 4.69) is 20.4 Å². The van der Waals surface area contributed by atoms with Crippen molar-refractivity contribution in [2.75, 3.05) is 19.7 Å². The van der Waals surface area contributed by atoms with Crippen molar-refractivity contribution < 1.29 is 26.7 Å². The summed E-state index contributed by atoms with van der Waals surface area (Å²) in [5.41, 5.74) is 0.716. The molecule has 1 N–H and O–H groups in total. The second-order valence-corrected chi connectivity index (χ2v) is 7.51. The van der Waals surface area contributed by atoms with Gasteiger partial charge in [0.1, 0.15) is 24.2 Å². The maximum atomic E-state index is 14.1. The van der Waals surface area contributed by atoms with Crippen LogP contribution in [0.1, 0.15) is 18.2 Å². The second kappa shape index (κ2) is 7.78. The molecule has 0 saturated carbocycles. The first kappa shape index (κ1) is 20.8. The summed E-state index contributed by atoms with van der Waals surface area (Å²) in [6.07, 6.45) is -0.484. The van der Waals surface area contributed by atoms with Gasteiger partial charge in [-0.15, -0.1) is 0 Å². The summed E-state index contributed by atoms with van der Waals surface area (Å²) in [5.74, 6) is -1.75. The van der Waals surface area contributed by atoms with E-state index < -0.39 is 30.5 Å². The Hall–Kier alpha value is -3.12. The Morgan fingerprint density at radius 2 is 2.00 bits per heavy atom. The first-order valence-corrected chi connectivity index (χ1v) is 9.88. The summed E-state index contributed by atoms with van der Waals surface area (Å²) in [7, 11) is 0. The molecule has 32 heavy (non-hydrogen) atoms. The fraction of sp³-hybridized carbons (Fsp3) is 0.350. The summed E-state index contributed by atoms with van der Waals surface area (Å²) in [6.45, 7) is 0.417. The molecular weight excluding hydrogens is 435 g/mol. The number of nitrogens with zero attached hydrogens (tertiary/aromatic N) is 5. The van der Waals surface area contributed by atoms with Crippen molar-refractivity contribution in [1.82, 2.24) is 29.5 Å². The van der Waals surface area contributed by atoms with E-state index in [4.69, 9.17) is 4.74 Å². The maximum Gasteiger partial charge on any atom is 0.408 e. The Balaban J connectivity index is 1.68. The van der Waals surface area contributed by atoms with Crippen LogP contribution in [-0.4, -0.2) is 50.0 Å². The number of ether oxygens (including phenoxy) is 1. The topological polar surface area (TPSA) is 69.3 Å². The minimum absolute atomic E-state index is 0.0840. The molecule has 4 aromatic rings. The van der Waals surface area contributed by atoms with Gasteiger partial charge in [0.05, 0.1) is 23.1 Å². The normalized spacial score (nSPS) is 17.8. The standard InChI is InChI=1S/C20H17F5N6O/c21-11-4-13(22)19-28-7-16(30(19)9-11)18-12-6-27-14(17-8-26-2-1-3-32-17)5-15(12)31(29-18)10-20(23,24)25/h4-7,9,17,26H,1-3,8,10H2. The summed E-state index contributed by atoms with van der Waals surface area (Å²) in [4.78, 5) is 8.32. The van der Waals surface area contributed by atoms with Gasteiger partial charge in [-0.2, -0.15) is 18.3 Å². The average Bonchev–Trinajstić information content (AvgIpc) is 3.16. The van der Waals surface area contributed by atoms with E-state index in [0.29, 0.717) is 30.3 Å². The Bertz CT molecular complexity index is 1290. The SMILES string of the molecule is Fc1cc(F)c2ncc(-c3nn(CC(F)(F)F)c4cc(C5CNCCCO5)ncc34)n2c1. The summed E-state index contributed by atoms with van der Waals surface area (Å²) < 4.78 is 75.4. The van der Waals surface area contributed by atoms with Crippen molar-refractivity contribution >= 4 is 16.6 Å². The average molecular weight is 452 g/mol. The molecule has 0 aliphatic carbocycles. The quantitative estimate of drug-likeness (QED) is 0.481. The van der Waals surface area contributed by atoms with Gasteiger partial charge in [0.15, 0.2) is 11.5 Å². The van der Waals surface area contributed by atoms with Gasteiger partial charge >= 0.3 is 6.18 Å². The van der Waals surface area contributed by atoms with Gasteiger partial charge in [-0.3, -0.25) is 14.1 Å². The molecule has 0 spiro atoms. The van der Waals surface area contributed by atoms with Crippen LogP contribution in [0.15, 0.2) is 30.7 Å². The third-order valence-corrected chi connectivity index (χ3v) is 5.23. The van der Waals surface area contributed by atoms with E-state index >= 15 is 0 Å². The monoisotopic (exact) mass is 452 g/mol. The van der Waals surface area contributed by atoms with E-state index in [1.165, 1.54) is 18.5 Å². The highest BCUT2D eigenvalue weighted by atomic mass is 19.4. The smallest absolute Gasteiger partial charge is 0.371 e. The molecule has 5 heterocycles. The molecule has 0 radical (unpaired) electrons. The van der Waals surface area contributed by atoms with Crippen LogP contribution in [0.5, 0.6) is 0 Å². The van der Waals surface area contributed by atoms with E-state index in [9.17, 15) is 22.0 Å². The lowest BCUT2D eigenvalue weighted by Crippen LogP contribution is -2.21. The van der Waals surface area contributed by atoms with Crippen LogP contribution in [0.2, 0.25) is 0 Å². The molecule has 168 valence electrons. The highest BCUT2D eigenvalue weighted by molar-refractivity contribution is 5.92. The predicted octanol–water partition coefficient (Wildman–Crippen LogP) is 3.64. The number of hydrogen-bond donors (Lipinski definition) is 1. The van der Waals surface area contributed by atoms with E-state index in [0.717, 1.165) is 28.2 Å². The van der Waals surface area contributed by atoms with Gasteiger partial charge < -0.3 is 10.1 Å². The van der Waals surface area contributed by atoms with E-state index in [1.54, 1.807) is 0 Å². The molecule has 5 rings (SSSR count). The lowest BCUT2D eigenvalue weighted by molar-refractivity contribution is -0.141. The molecule has 4 aromatic heterocycles. The summed E-state index contributed by atoms with van der Waals surface area (Å²) >= 11 is 0. The van der Waals surface area contributed by atoms with Crippen LogP contribution >= 0.6 is 0 Å². The number of imidazole rings is 1. The number of pyridine rings is 2. The van der Waals surface area contributed by atoms with Gasteiger partial charge in [0.2, 0.25) is 0 Å². The number of alkyl halides is 3. The van der Waals surface area contributed by atoms with E-state index in [-0.39, 0.29) is 22.6 Å². The highest BCUT2D eigenvalue weighted by Gasteiger charge is 2.31. The van der Waals surface area contributed by atoms with Crippen molar-refractivity contribution in [3.63, 3.8) is 0 Å². The van der Waals surface area contributed by atoms with Gasteiger partial charge in [-0.1, -0.05) is 0 Å². The summed E-state index contributed by atoms with van der Waals surface area (Å²) in [5, 5.41) is 7.63. The number of nitrogens with one attached hydrogen (secondary N) is 1. The van der Waals surface area contributed by atoms with Crippen LogP contribution in [0.3, 0.4) is 0 Å². The predicted molar refractivity (Wildman–Crippen MR) is 104 cm³/mol. The van der Waals surface area contributed by atoms with Crippen molar-refractivity contribution in [2.24, 2.45) is 0 Å². The zero-order valence-electron chi connectivity index (χ0n) is 16.5. The number of halogens is 5. The lowest BCUT2D eigenvalue weighted by Gasteiger charge is -2.15. The third kappa shape index (κ3) is 3.79. The van der Waals surface area contributed by atoms with Gasteiger partial charge in [-0.05, 0) is 19.0 Å². The molecule has 1 unspecified atom stereocenters. The molecule has 1 saturated heterocycles. The maximum absolute atomic E-state index is 14.1. The van der Waals surface area contributed by atoms with Crippen LogP contribution in [0.4, 0.5) is 22.0 Å². The molecule has 0 amide bonds. The Labute approximate surface area is 177 Å². The molecule has 1 fully saturated rings. The zero-order chi connectivity index (χ0) is 22.5. The fourth-order valence-electron chi connectivity index (χ4n) is 3.83. The molecule has 0 bridgehead atoms. The third-order valence-electron chi connectivity index (χ3n) is 5.23. The van der Waals surface area contributed by atoms with Crippen LogP contribution < -0.4 is 5.32 Å². The number of hydrogen-bond acceptors (Lipinski definition) is 5. The van der Waals surface area contributed by atoms with Crippen LogP contribution in [0, 0.1) is 11.6 Å². The fourth-order valence-corrected chi connectivity index (χ4v) is 3.83. The first-order valence-electron chi connectivity index (χ1n) is 9.88. The Kier molecular flexibility index (Phi) is 5.05. The molecule has 0 aromatic carbocycles.